The number of nitriles is 1. The molecule has 0 aromatic carbocycles. The zero-order valence-electron chi connectivity index (χ0n) is 8.73. The highest BCUT2D eigenvalue weighted by Crippen LogP contribution is 2.10. The van der Waals surface area contributed by atoms with Gasteiger partial charge in [0, 0.05) is 11.4 Å². The fraction of sp³-hybridized carbons (Fsp3) is 0.545. The second-order valence-corrected chi connectivity index (χ2v) is 4.40. The molecule has 0 aliphatic heterocycles. The largest absolute Gasteiger partial charge is 0.291 e. The third-order valence-electron chi connectivity index (χ3n) is 2.36. The summed E-state index contributed by atoms with van der Waals surface area (Å²) in [5.41, 5.74) is 0. The van der Waals surface area contributed by atoms with Crippen LogP contribution in [0.15, 0.2) is 17.5 Å². The normalized spacial score (nSPS) is 12.7. The van der Waals surface area contributed by atoms with Crippen molar-refractivity contribution in [3.8, 4) is 6.07 Å². The monoisotopic (exact) mass is 208 g/mol. The molecule has 0 bridgehead atoms. The van der Waals surface area contributed by atoms with Gasteiger partial charge < -0.3 is 0 Å². The average Bonchev–Trinajstić information content (AvgIpc) is 2.69. The Hall–Kier alpha value is -0.850. The Morgan fingerprint density at radius 1 is 1.64 bits per heavy atom. The molecule has 1 atom stereocenters. The van der Waals surface area contributed by atoms with Gasteiger partial charge in [-0.15, -0.1) is 11.3 Å². The van der Waals surface area contributed by atoms with Gasteiger partial charge in [0.25, 0.3) is 0 Å². The van der Waals surface area contributed by atoms with Gasteiger partial charge in [-0.05, 0) is 31.3 Å². The smallest absolute Gasteiger partial charge is 0.0972 e. The molecule has 76 valence electrons. The zero-order chi connectivity index (χ0) is 10.4. The van der Waals surface area contributed by atoms with E-state index in [0.717, 1.165) is 19.4 Å². The van der Waals surface area contributed by atoms with Crippen LogP contribution in [0.4, 0.5) is 0 Å². The first-order chi connectivity index (χ1) is 6.77. The van der Waals surface area contributed by atoms with Crippen LogP contribution >= 0.6 is 11.3 Å². The van der Waals surface area contributed by atoms with E-state index in [1.807, 2.05) is 7.05 Å². The summed E-state index contributed by atoms with van der Waals surface area (Å²) in [5.74, 6) is 0. The Kier molecular flexibility index (Phi) is 4.64. The van der Waals surface area contributed by atoms with Gasteiger partial charge in [-0.1, -0.05) is 13.0 Å². The minimum Gasteiger partial charge on any atom is -0.291 e. The van der Waals surface area contributed by atoms with Crippen LogP contribution in [0.2, 0.25) is 0 Å². The first kappa shape index (κ1) is 11.2. The standard InChI is InChI=1S/C11H16N2S/c1-3-10(9-12)13(2)7-6-11-5-4-8-14-11/h4-5,8,10H,3,6-7H2,1-2H3. The molecule has 1 aromatic rings. The van der Waals surface area contributed by atoms with E-state index >= 15 is 0 Å². The molecule has 0 saturated heterocycles. The summed E-state index contributed by atoms with van der Waals surface area (Å²) in [6.07, 6.45) is 1.95. The van der Waals surface area contributed by atoms with Crippen LogP contribution < -0.4 is 0 Å². The number of hydrogen-bond acceptors (Lipinski definition) is 3. The molecular formula is C11H16N2S. The third-order valence-corrected chi connectivity index (χ3v) is 3.29. The quantitative estimate of drug-likeness (QED) is 0.743. The fourth-order valence-corrected chi connectivity index (χ4v) is 2.10. The third kappa shape index (κ3) is 3.13. The van der Waals surface area contributed by atoms with E-state index in [1.165, 1.54) is 4.88 Å². The number of likely N-dealkylation sites (N-methyl/N-ethyl adjacent to an activating group) is 1. The lowest BCUT2D eigenvalue weighted by molar-refractivity contribution is 0.286. The Balaban J connectivity index is 2.35. The Morgan fingerprint density at radius 3 is 2.93 bits per heavy atom. The van der Waals surface area contributed by atoms with Crippen molar-refractivity contribution in [2.24, 2.45) is 0 Å². The van der Waals surface area contributed by atoms with Crippen molar-refractivity contribution in [2.75, 3.05) is 13.6 Å². The first-order valence-corrected chi connectivity index (χ1v) is 5.78. The molecule has 3 heteroatoms. The molecule has 0 saturated carbocycles. The summed E-state index contributed by atoms with van der Waals surface area (Å²) in [4.78, 5) is 3.52. The van der Waals surface area contributed by atoms with Gasteiger partial charge in [-0.25, -0.2) is 0 Å². The number of rotatable bonds is 5. The van der Waals surface area contributed by atoms with Gasteiger partial charge >= 0.3 is 0 Å². The van der Waals surface area contributed by atoms with Gasteiger partial charge in [0.15, 0.2) is 0 Å². The van der Waals surface area contributed by atoms with Crippen molar-refractivity contribution in [1.82, 2.24) is 4.90 Å². The first-order valence-electron chi connectivity index (χ1n) is 4.90. The topological polar surface area (TPSA) is 27.0 Å². The van der Waals surface area contributed by atoms with Crippen LogP contribution in [0.5, 0.6) is 0 Å². The molecule has 2 nitrogen and oxygen atoms in total. The Labute approximate surface area is 89.8 Å². The van der Waals surface area contributed by atoms with Gasteiger partial charge in [0.1, 0.15) is 0 Å². The van der Waals surface area contributed by atoms with Crippen LogP contribution in [0.25, 0.3) is 0 Å². The summed E-state index contributed by atoms with van der Waals surface area (Å²) in [7, 11) is 2.02. The molecule has 0 N–H and O–H groups in total. The van der Waals surface area contributed by atoms with Gasteiger partial charge in [-0.2, -0.15) is 5.26 Å². The lowest BCUT2D eigenvalue weighted by atomic mass is 10.2. The van der Waals surface area contributed by atoms with E-state index < -0.39 is 0 Å². The van der Waals surface area contributed by atoms with Crippen molar-refractivity contribution >= 4 is 11.3 Å². The average molecular weight is 208 g/mol. The summed E-state index contributed by atoms with van der Waals surface area (Å²) in [6.45, 7) is 3.02. The second kappa shape index (κ2) is 5.79. The van der Waals surface area contributed by atoms with Crippen molar-refractivity contribution in [1.29, 1.82) is 5.26 Å². The van der Waals surface area contributed by atoms with Crippen LogP contribution in [-0.4, -0.2) is 24.5 Å². The lowest BCUT2D eigenvalue weighted by Crippen LogP contribution is -2.31. The van der Waals surface area contributed by atoms with Gasteiger partial charge in [-0.3, -0.25) is 4.90 Å². The van der Waals surface area contributed by atoms with Crippen LogP contribution in [-0.2, 0) is 6.42 Å². The predicted molar refractivity (Wildman–Crippen MR) is 60.3 cm³/mol. The zero-order valence-corrected chi connectivity index (χ0v) is 9.55. The van der Waals surface area contributed by atoms with Crippen LogP contribution in [0, 0.1) is 11.3 Å². The maximum atomic E-state index is 8.86. The summed E-state index contributed by atoms with van der Waals surface area (Å²) in [5, 5.41) is 11.0. The van der Waals surface area contributed by atoms with E-state index in [-0.39, 0.29) is 6.04 Å². The molecule has 1 unspecified atom stereocenters. The SMILES string of the molecule is CCC(C#N)N(C)CCc1cccs1. The van der Waals surface area contributed by atoms with E-state index in [1.54, 1.807) is 11.3 Å². The van der Waals surface area contributed by atoms with E-state index in [4.69, 9.17) is 5.26 Å². The molecule has 14 heavy (non-hydrogen) atoms. The van der Waals surface area contributed by atoms with Crippen LogP contribution in [0.3, 0.4) is 0 Å². The van der Waals surface area contributed by atoms with Crippen molar-refractivity contribution in [3.63, 3.8) is 0 Å². The summed E-state index contributed by atoms with van der Waals surface area (Å²) < 4.78 is 0. The molecule has 0 amide bonds. The molecule has 0 aliphatic rings. The molecule has 0 aliphatic carbocycles. The van der Waals surface area contributed by atoms with Crippen LogP contribution in [0.1, 0.15) is 18.2 Å². The molecular weight excluding hydrogens is 192 g/mol. The highest BCUT2D eigenvalue weighted by Gasteiger charge is 2.10. The second-order valence-electron chi connectivity index (χ2n) is 3.36. The lowest BCUT2D eigenvalue weighted by Gasteiger charge is -2.20. The maximum absolute atomic E-state index is 8.86. The molecule has 1 heterocycles. The van der Waals surface area contributed by atoms with Crippen molar-refractivity contribution < 1.29 is 0 Å². The molecule has 0 spiro atoms. The Morgan fingerprint density at radius 2 is 2.43 bits per heavy atom. The fourth-order valence-electron chi connectivity index (χ4n) is 1.40. The number of nitrogens with zero attached hydrogens (tertiary/aromatic N) is 2. The minimum absolute atomic E-state index is 0.0648. The minimum atomic E-state index is 0.0648. The highest BCUT2D eigenvalue weighted by molar-refractivity contribution is 7.09. The van der Waals surface area contributed by atoms with Crippen molar-refractivity contribution in [3.05, 3.63) is 22.4 Å². The molecule has 1 rings (SSSR count). The van der Waals surface area contributed by atoms with Gasteiger partial charge in [0.2, 0.25) is 0 Å². The summed E-state index contributed by atoms with van der Waals surface area (Å²) in [6, 6.07) is 6.59. The van der Waals surface area contributed by atoms with Crippen molar-refractivity contribution in [2.45, 2.75) is 25.8 Å². The van der Waals surface area contributed by atoms with E-state index in [0.29, 0.717) is 0 Å². The highest BCUT2D eigenvalue weighted by atomic mass is 32.1. The van der Waals surface area contributed by atoms with Gasteiger partial charge in [0.05, 0.1) is 12.1 Å². The molecule has 1 aromatic heterocycles. The molecule has 0 radical (unpaired) electrons. The number of hydrogen-bond donors (Lipinski definition) is 0. The summed E-state index contributed by atoms with van der Waals surface area (Å²) >= 11 is 1.78. The molecule has 0 fully saturated rings. The maximum Gasteiger partial charge on any atom is 0.0972 e. The Bertz CT molecular complexity index is 287. The van der Waals surface area contributed by atoms with E-state index in [2.05, 4.69) is 35.4 Å². The predicted octanol–water partition coefficient (Wildman–Crippen LogP) is 2.52. The number of thiophene rings is 1. The van der Waals surface area contributed by atoms with E-state index in [9.17, 15) is 0 Å².